The maximum Gasteiger partial charge on any atom is 0.342 e. The molecule has 4 N–H and O–H groups in total. The second-order valence-electron chi connectivity index (χ2n) is 6.42. The van der Waals surface area contributed by atoms with Gasteiger partial charge >= 0.3 is 12.0 Å². The molecule has 8 nitrogen and oxygen atoms in total. The molecular formula is C18H24ClN3O5. The minimum atomic E-state index is -1.18. The van der Waals surface area contributed by atoms with Gasteiger partial charge in [-0.1, -0.05) is 30.9 Å². The molecule has 1 fully saturated rings. The van der Waals surface area contributed by atoms with Gasteiger partial charge in [-0.25, -0.2) is 9.59 Å². The predicted molar refractivity (Wildman–Crippen MR) is 101 cm³/mol. The number of hydrogen-bond donors (Lipinski definition) is 3. The third-order valence-electron chi connectivity index (χ3n) is 4.37. The Morgan fingerprint density at radius 3 is 2.52 bits per heavy atom. The minimum absolute atomic E-state index is 0.0306. The monoisotopic (exact) mass is 397 g/mol. The lowest BCUT2D eigenvalue weighted by Crippen LogP contribution is -2.48. The number of nitrogen functional groups attached to an aromatic ring is 1. The van der Waals surface area contributed by atoms with Crippen molar-refractivity contribution in [2.75, 3.05) is 12.8 Å². The van der Waals surface area contributed by atoms with Crippen LogP contribution in [0.15, 0.2) is 12.1 Å². The first-order chi connectivity index (χ1) is 12.8. The van der Waals surface area contributed by atoms with Crippen molar-refractivity contribution < 1.29 is 23.9 Å². The molecule has 0 heterocycles. The molecule has 1 aliphatic carbocycles. The van der Waals surface area contributed by atoms with Crippen LogP contribution in [0.3, 0.4) is 0 Å². The van der Waals surface area contributed by atoms with Crippen LogP contribution in [-0.2, 0) is 9.53 Å². The standard InChI is InChI=1S/C18H24ClN3O5/c1-10(16(23)22-18(25)21-11-6-4-3-5-7-11)27-17(24)12-8-13(19)14(20)9-15(12)26-2/h8-11H,3-7,20H2,1-2H3,(H2,21,22,23,25)/t10-/m0/s1. The number of halogens is 1. The van der Waals surface area contributed by atoms with Crippen LogP contribution >= 0.6 is 11.6 Å². The van der Waals surface area contributed by atoms with Crippen molar-refractivity contribution in [3.05, 3.63) is 22.7 Å². The Balaban J connectivity index is 1.92. The fourth-order valence-electron chi connectivity index (χ4n) is 2.86. The zero-order chi connectivity index (χ0) is 20.0. The Bertz CT molecular complexity index is 719. The molecular weight excluding hydrogens is 374 g/mol. The number of benzene rings is 1. The van der Waals surface area contributed by atoms with E-state index in [1.807, 2.05) is 0 Å². The highest BCUT2D eigenvalue weighted by Crippen LogP contribution is 2.29. The smallest absolute Gasteiger partial charge is 0.342 e. The third-order valence-corrected chi connectivity index (χ3v) is 4.70. The third kappa shape index (κ3) is 5.75. The molecule has 148 valence electrons. The number of esters is 1. The van der Waals surface area contributed by atoms with Crippen LogP contribution in [0, 0.1) is 0 Å². The normalized spacial score (nSPS) is 15.5. The molecule has 1 aromatic carbocycles. The minimum Gasteiger partial charge on any atom is -0.496 e. The second-order valence-corrected chi connectivity index (χ2v) is 6.83. The molecule has 0 radical (unpaired) electrons. The molecule has 2 rings (SSSR count). The van der Waals surface area contributed by atoms with Gasteiger partial charge in [0.2, 0.25) is 0 Å². The molecule has 1 aliphatic rings. The average molecular weight is 398 g/mol. The van der Waals surface area contributed by atoms with E-state index in [0.717, 1.165) is 32.1 Å². The molecule has 0 spiro atoms. The van der Waals surface area contributed by atoms with Gasteiger partial charge in [-0.3, -0.25) is 10.1 Å². The Labute approximate surface area is 162 Å². The van der Waals surface area contributed by atoms with E-state index < -0.39 is 24.0 Å². The van der Waals surface area contributed by atoms with Gasteiger partial charge in [-0.2, -0.15) is 0 Å². The highest BCUT2D eigenvalue weighted by Gasteiger charge is 2.24. The molecule has 9 heteroatoms. The summed E-state index contributed by atoms with van der Waals surface area (Å²) in [4.78, 5) is 36.4. The second kappa shape index (κ2) is 9.45. The molecule has 27 heavy (non-hydrogen) atoms. The number of imide groups is 1. The van der Waals surface area contributed by atoms with Crippen molar-refractivity contribution in [2.24, 2.45) is 0 Å². The molecule has 0 unspecified atom stereocenters. The van der Waals surface area contributed by atoms with E-state index in [-0.39, 0.29) is 28.1 Å². The zero-order valence-electron chi connectivity index (χ0n) is 15.3. The van der Waals surface area contributed by atoms with Crippen molar-refractivity contribution in [3.63, 3.8) is 0 Å². The maximum atomic E-state index is 12.3. The van der Waals surface area contributed by atoms with Crippen molar-refractivity contribution in [3.8, 4) is 5.75 Å². The number of nitrogens with one attached hydrogen (secondary N) is 2. The molecule has 0 aliphatic heterocycles. The van der Waals surface area contributed by atoms with Crippen LogP contribution in [-0.4, -0.2) is 37.2 Å². The predicted octanol–water partition coefficient (Wildman–Crippen LogP) is 2.63. The van der Waals surface area contributed by atoms with E-state index in [9.17, 15) is 14.4 Å². The summed E-state index contributed by atoms with van der Waals surface area (Å²) in [5.74, 6) is -1.37. The lowest BCUT2D eigenvalue weighted by molar-refractivity contribution is -0.127. The SMILES string of the molecule is COc1cc(N)c(Cl)cc1C(=O)O[C@@H](C)C(=O)NC(=O)NC1CCCCC1. The van der Waals surface area contributed by atoms with Crippen LogP contribution in [0.2, 0.25) is 5.02 Å². The molecule has 0 saturated heterocycles. The van der Waals surface area contributed by atoms with E-state index in [2.05, 4.69) is 10.6 Å². The maximum absolute atomic E-state index is 12.3. The fourth-order valence-corrected chi connectivity index (χ4v) is 3.02. The number of nitrogens with two attached hydrogens (primary N) is 1. The Morgan fingerprint density at radius 1 is 1.22 bits per heavy atom. The van der Waals surface area contributed by atoms with Gasteiger partial charge in [-0.05, 0) is 25.8 Å². The van der Waals surface area contributed by atoms with E-state index in [1.54, 1.807) is 0 Å². The van der Waals surface area contributed by atoms with Crippen molar-refractivity contribution in [1.82, 2.24) is 10.6 Å². The number of hydrogen-bond acceptors (Lipinski definition) is 6. The van der Waals surface area contributed by atoms with E-state index >= 15 is 0 Å². The summed E-state index contributed by atoms with van der Waals surface area (Å²) in [5.41, 5.74) is 5.95. The van der Waals surface area contributed by atoms with Gasteiger partial charge in [0, 0.05) is 12.1 Å². The van der Waals surface area contributed by atoms with Gasteiger partial charge < -0.3 is 20.5 Å². The molecule has 0 aromatic heterocycles. The fraction of sp³-hybridized carbons (Fsp3) is 0.500. The van der Waals surface area contributed by atoms with E-state index in [0.29, 0.717) is 0 Å². The largest absolute Gasteiger partial charge is 0.496 e. The molecule has 1 atom stereocenters. The number of methoxy groups -OCH3 is 1. The van der Waals surface area contributed by atoms with Crippen LogP contribution < -0.4 is 21.1 Å². The summed E-state index contributed by atoms with van der Waals surface area (Å²) in [7, 11) is 1.37. The summed E-state index contributed by atoms with van der Waals surface area (Å²) in [6.07, 6.45) is 3.87. The van der Waals surface area contributed by atoms with Gasteiger partial charge in [0.25, 0.3) is 5.91 Å². The molecule has 0 bridgehead atoms. The van der Waals surface area contributed by atoms with Crippen molar-refractivity contribution in [2.45, 2.75) is 51.2 Å². The quantitative estimate of drug-likeness (QED) is 0.519. The Kier molecular flexibility index (Phi) is 7.29. The zero-order valence-corrected chi connectivity index (χ0v) is 16.1. The molecule has 1 aromatic rings. The number of amides is 3. The highest BCUT2D eigenvalue weighted by molar-refractivity contribution is 6.33. The number of rotatable bonds is 5. The molecule has 1 saturated carbocycles. The average Bonchev–Trinajstić information content (AvgIpc) is 2.64. The number of anilines is 1. The van der Waals surface area contributed by atoms with Crippen LogP contribution in [0.5, 0.6) is 5.75 Å². The van der Waals surface area contributed by atoms with Crippen molar-refractivity contribution in [1.29, 1.82) is 0 Å². The van der Waals surface area contributed by atoms with Gasteiger partial charge in [0.1, 0.15) is 11.3 Å². The van der Waals surface area contributed by atoms with Crippen LogP contribution in [0.1, 0.15) is 49.4 Å². The van der Waals surface area contributed by atoms with Gasteiger partial charge in [0.05, 0.1) is 17.8 Å². The first kappa shape index (κ1) is 20.8. The first-order valence-corrected chi connectivity index (χ1v) is 9.15. The van der Waals surface area contributed by atoms with E-state index in [1.165, 1.54) is 26.2 Å². The number of ether oxygens (including phenoxy) is 2. The Hall–Kier alpha value is -2.48. The van der Waals surface area contributed by atoms with Crippen molar-refractivity contribution >= 4 is 35.2 Å². The first-order valence-electron chi connectivity index (χ1n) is 8.77. The Morgan fingerprint density at radius 2 is 1.89 bits per heavy atom. The van der Waals surface area contributed by atoms with Gasteiger partial charge in [0.15, 0.2) is 6.10 Å². The number of carbonyl (C=O) groups excluding carboxylic acids is 3. The topological polar surface area (TPSA) is 120 Å². The summed E-state index contributed by atoms with van der Waals surface area (Å²) >= 11 is 5.93. The molecule has 3 amide bonds. The lowest BCUT2D eigenvalue weighted by atomic mass is 9.96. The van der Waals surface area contributed by atoms with Crippen LogP contribution in [0.4, 0.5) is 10.5 Å². The summed E-state index contributed by atoms with van der Waals surface area (Å²) in [6.45, 7) is 1.37. The van der Waals surface area contributed by atoms with E-state index in [4.69, 9.17) is 26.8 Å². The van der Waals surface area contributed by atoms with Crippen LogP contribution in [0.25, 0.3) is 0 Å². The number of carbonyl (C=O) groups is 3. The number of urea groups is 1. The van der Waals surface area contributed by atoms with Gasteiger partial charge in [-0.15, -0.1) is 0 Å². The highest BCUT2D eigenvalue weighted by atomic mass is 35.5. The summed E-state index contributed by atoms with van der Waals surface area (Å²) in [6, 6.07) is 2.16. The summed E-state index contributed by atoms with van der Waals surface area (Å²) in [5, 5.41) is 5.11. The lowest BCUT2D eigenvalue weighted by Gasteiger charge is -2.23. The summed E-state index contributed by atoms with van der Waals surface area (Å²) < 4.78 is 10.2.